The molecule has 0 bridgehead atoms. The highest BCUT2D eigenvalue weighted by molar-refractivity contribution is 4.82. The van der Waals surface area contributed by atoms with Gasteiger partial charge in [0, 0.05) is 0 Å². The Morgan fingerprint density at radius 1 is 1.43 bits per heavy atom. The molecule has 0 aromatic carbocycles. The highest BCUT2D eigenvalue weighted by Gasteiger charge is 2.27. The second-order valence-corrected chi connectivity index (χ2v) is 5.39. The Hall–Kier alpha value is -0.120. The molecule has 1 saturated heterocycles. The number of nitrogens with one attached hydrogen (secondary N) is 1. The third kappa shape index (κ3) is 3.23. The van der Waals surface area contributed by atoms with Crippen molar-refractivity contribution in [1.29, 1.82) is 0 Å². The van der Waals surface area contributed by atoms with E-state index in [0.29, 0.717) is 24.5 Å². The van der Waals surface area contributed by atoms with E-state index in [0.717, 1.165) is 6.54 Å². The quantitative estimate of drug-likeness (QED) is 0.716. The SMILES string of the molecule is CC(CNC1COCC1O)C(C)(C)C. The molecule has 3 heteroatoms. The topological polar surface area (TPSA) is 41.5 Å². The molecule has 1 aliphatic rings. The van der Waals surface area contributed by atoms with Crippen molar-refractivity contribution in [2.45, 2.75) is 39.8 Å². The first-order valence-electron chi connectivity index (χ1n) is 5.40. The zero-order valence-corrected chi connectivity index (χ0v) is 9.71. The van der Waals surface area contributed by atoms with Gasteiger partial charge in [-0.15, -0.1) is 0 Å². The van der Waals surface area contributed by atoms with Crippen molar-refractivity contribution < 1.29 is 9.84 Å². The van der Waals surface area contributed by atoms with Crippen LogP contribution in [0.15, 0.2) is 0 Å². The van der Waals surface area contributed by atoms with Gasteiger partial charge < -0.3 is 15.2 Å². The summed E-state index contributed by atoms with van der Waals surface area (Å²) in [5, 5.41) is 12.9. The molecule has 1 fully saturated rings. The van der Waals surface area contributed by atoms with Gasteiger partial charge in [-0.1, -0.05) is 27.7 Å². The summed E-state index contributed by atoms with van der Waals surface area (Å²) in [5.41, 5.74) is 0.317. The van der Waals surface area contributed by atoms with Crippen molar-refractivity contribution in [3.8, 4) is 0 Å². The van der Waals surface area contributed by atoms with Gasteiger partial charge in [0.15, 0.2) is 0 Å². The number of hydrogen-bond acceptors (Lipinski definition) is 3. The van der Waals surface area contributed by atoms with Crippen LogP contribution in [0.1, 0.15) is 27.7 Å². The number of rotatable bonds is 3. The maximum absolute atomic E-state index is 9.52. The van der Waals surface area contributed by atoms with Crippen molar-refractivity contribution in [3.63, 3.8) is 0 Å². The Morgan fingerprint density at radius 3 is 2.50 bits per heavy atom. The van der Waals surface area contributed by atoms with E-state index >= 15 is 0 Å². The lowest BCUT2D eigenvalue weighted by atomic mass is 9.82. The van der Waals surface area contributed by atoms with Crippen LogP contribution >= 0.6 is 0 Å². The maximum Gasteiger partial charge on any atom is 0.0948 e. The van der Waals surface area contributed by atoms with Crippen LogP contribution in [0.5, 0.6) is 0 Å². The van der Waals surface area contributed by atoms with Crippen molar-refractivity contribution in [2.75, 3.05) is 19.8 Å². The molecule has 3 unspecified atom stereocenters. The van der Waals surface area contributed by atoms with E-state index in [-0.39, 0.29) is 12.1 Å². The Kier molecular flexibility index (Phi) is 3.93. The lowest BCUT2D eigenvalue weighted by Crippen LogP contribution is -2.42. The number of ether oxygens (including phenoxy) is 1. The van der Waals surface area contributed by atoms with E-state index in [1.165, 1.54) is 0 Å². The van der Waals surface area contributed by atoms with Crippen LogP contribution in [-0.2, 0) is 4.74 Å². The second kappa shape index (κ2) is 4.60. The number of hydrogen-bond donors (Lipinski definition) is 2. The molecule has 0 aromatic rings. The number of aliphatic hydroxyl groups is 1. The molecule has 3 atom stereocenters. The predicted octanol–water partition coefficient (Wildman–Crippen LogP) is 1.02. The lowest BCUT2D eigenvalue weighted by Gasteiger charge is -2.29. The normalized spacial score (nSPS) is 30.6. The van der Waals surface area contributed by atoms with Crippen LogP contribution in [0.2, 0.25) is 0 Å². The molecular formula is C11H23NO2. The van der Waals surface area contributed by atoms with Crippen LogP contribution < -0.4 is 5.32 Å². The summed E-state index contributed by atoms with van der Waals surface area (Å²) < 4.78 is 5.17. The third-order valence-electron chi connectivity index (χ3n) is 3.22. The third-order valence-corrected chi connectivity index (χ3v) is 3.22. The summed E-state index contributed by atoms with van der Waals surface area (Å²) >= 11 is 0. The summed E-state index contributed by atoms with van der Waals surface area (Å²) in [7, 11) is 0. The van der Waals surface area contributed by atoms with Crippen molar-refractivity contribution >= 4 is 0 Å². The molecule has 1 aliphatic heterocycles. The van der Waals surface area contributed by atoms with Gasteiger partial charge in [-0.25, -0.2) is 0 Å². The minimum Gasteiger partial charge on any atom is -0.389 e. The smallest absolute Gasteiger partial charge is 0.0948 e. The van der Waals surface area contributed by atoms with Crippen molar-refractivity contribution in [3.05, 3.63) is 0 Å². The molecule has 3 nitrogen and oxygen atoms in total. The van der Waals surface area contributed by atoms with Crippen LogP contribution in [0.3, 0.4) is 0 Å². The van der Waals surface area contributed by atoms with Gasteiger partial charge in [-0.05, 0) is 17.9 Å². The molecule has 14 heavy (non-hydrogen) atoms. The van der Waals surface area contributed by atoms with E-state index in [4.69, 9.17) is 4.74 Å². The average molecular weight is 201 g/mol. The Labute approximate surface area is 86.8 Å². The van der Waals surface area contributed by atoms with Crippen LogP contribution in [-0.4, -0.2) is 37.0 Å². The van der Waals surface area contributed by atoms with E-state index in [1.54, 1.807) is 0 Å². The molecule has 84 valence electrons. The molecule has 2 N–H and O–H groups in total. The Morgan fingerprint density at radius 2 is 2.07 bits per heavy atom. The highest BCUT2D eigenvalue weighted by atomic mass is 16.5. The fourth-order valence-electron chi connectivity index (χ4n) is 1.37. The largest absolute Gasteiger partial charge is 0.389 e. The monoisotopic (exact) mass is 201 g/mol. The predicted molar refractivity (Wildman–Crippen MR) is 57.2 cm³/mol. The van der Waals surface area contributed by atoms with Gasteiger partial charge in [-0.2, -0.15) is 0 Å². The molecule has 1 heterocycles. The van der Waals surface area contributed by atoms with Gasteiger partial charge in [-0.3, -0.25) is 0 Å². The second-order valence-electron chi connectivity index (χ2n) is 5.39. The first kappa shape index (κ1) is 12.0. The van der Waals surface area contributed by atoms with Crippen LogP contribution in [0.4, 0.5) is 0 Å². The summed E-state index contributed by atoms with van der Waals surface area (Å²) in [4.78, 5) is 0. The van der Waals surface area contributed by atoms with Crippen molar-refractivity contribution in [2.24, 2.45) is 11.3 Å². The minimum absolute atomic E-state index is 0.125. The van der Waals surface area contributed by atoms with Gasteiger partial charge in [0.1, 0.15) is 0 Å². The molecule has 0 aliphatic carbocycles. The fraction of sp³-hybridized carbons (Fsp3) is 1.00. The Balaban J connectivity index is 2.26. The van der Waals surface area contributed by atoms with Crippen molar-refractivity contribution in [1.82, 2.24) is 5.32 Å². The maximum atomic E-state index is 9.52. The van der Waals surface area contributed by atoms with Gasteiger partial charge in [0.05, 0.1) is 25.4 Å². The first-order chi connectivity index (χ1) is 6.41. The summed E-state index contributed by atoms with van der Waals surface area (Å²) in [6, 6.07) is 0.125. The summed E-state index contributed by atoms with van der Waals surface area (Å²) in [6.45, 7) is 11.0. The lowest BCUT2D eigenvalue weighted by molar-refractivity contribution is 0.121. The summed E-state index contributed by atoms with van der Waals surface area (Å²) in [6.07, 6.45) is -0.331. The molecule has 0 spiro atoms. The first-order valence-corrected chi connectivity index (χ1v) is 5.40. The molecule has 0 saturated carbocycles. The number of aliphatic hydroxyl groups excluding tert-OH is 1. The molecular weight excluding hydrogens is 178 g/mol. The fourth-order valence-corrected chi connectivity index (χ4v) is 1.37. The van der Waals surface area contributed by atoms with Crippen LogP contribution in [0, 0.1) is 11.3 Å². The molecule has 1 rings (SSSR count). The standard InChI is InChI=1S/C11H23NO2/c1-8(11(2,3)4)5-12-9-6-14-7-10(9)13/h8-10,12-13H,5-7H2,1-4H3. The highest BCUT2D eigenvalue weighted by Crippen LogP contribution is 2.24. The van der Waals surface area contributed by atoms with E-state index in [2.05, 4.69) is 33.0 Å². The van der Waals surface area contributed by atoms with Gasteiger partial charge in [0.25, 0.3) is 0 Å². The Bertz CT molecular complexity index is 175. The van der Waals surface area contributed by atoms with Gasteiger partial charge >= 0.3 is 0 Å². The molecule has 0 aromatic heterocycles. The average Bonchev–Trinajstić information content (AvgIpc) is 2.45. The molecule has 0 radical (unpaired) electrons. The van der Waals surface area contributed by atoms with E-state index in [9.17, 15) is 5.11 Å². The summed E-state index contributed by atoms with van der Waals surface area (Å²) in [5.74, 6) is 0.593. The zero-order chi connectivity index (χ0) is 10.8. The van der Waals surface area contributed by atoms with Crippen LogP contribution in [0.25, 0.3) is 0 Å². The van der Waals surface area contributed by atoms with Gasteiger partial charge in [0.2, 0.25) is 0 Å². The zero-order valence-electron chi connectivity index (χ0n) is 9.71. The molecule has 0 amide bonds. The van der Waals surface area contributed by atoms with E-state index < -0.39 is 0 Å². The minimum atomic E-state index is -0.331. The van der Waals surface area contributed by atoms with E-state index in [1.807, 2.05) is 0 Å².